The third-order valence-electron chi connectivity index (χ3n) is 3.47. The molecule has 2 amide bonds. The van der Waals surface area contributed by atoms with Crippen molar-refractivity contribution in [3.05, 3.63) is 0 Å². The molecule has 2 fully saturated rings. The molecule has 18 heavy (non-hydrogen) atoms. The molecular formula is C12H22ClN3O2. The minimum atomic E-state index is 0. The summed E-state index contributed by atoms with van der Waals surface area (Å²) < 4.78 is 0. The van der Waals surface area contributed by atoms with Crippen LogP contribution in [0, 0.1) is 0 Å². The number of nitrogens with zero attached hydrogens (tertiary/aromatic N) is 2. The lowest BCUT2D eigenvalue weighted by Gasteiger charge is -2.34. The molecule has 104 valence electrons. The summed E-state index contributed by atoms with van der Waals surface area (Å²) in [6.07, 6.45) is 2.59. The Morgan fingerprint density at radius 3 is 2.83 bits per heavy atom. The quantitative estimate of drug-likeness (QED) is 0.786. The van der Waals surface area contributed by atoms with Crippen LogP contribution in [0.15, 0.2) is 0 Å². The second kappa shape index (κ2) is 6.95. The van der Waals surface area contributed by atoms with Crippen molar-refractivity contribution in [2.75, 3.05) is 32.7 Å². The van der Waals surface area contributed by atoms with E-state index < -0.39 is 0 Å². The Balaban J connectivity index is 0.00000162. The molecule has 1 N–H and O–H groups in total. The summed E-state index contributed by atoms with van der Waals surface area (Å²) in [5, 5.41) is 3.30. The topological polar surface area (TPSA) is 52.7 Å². The van der Waals surface area contributed by atoms with Crippen LogP contribution in [-0.4, -0.2) is 60.4 Å². The van der Waals surface area contributed by atoms with Crippen molar-refractivity contribution in [2.45, 2.75) is 32.2 Å². The first-order valence-corrected chi connectivity index (χ1v) is 6.46. The number of nitrogens with one attached hydrogen (secondary N) is 1. The van der Waals surface area contributed by atoms with E-state index in [1.54, 1.807) is 4.90 Å². The minimum absolute atomic E-state index is 0. The number of piperidine rings is 1. The Morgan fingerprint density at radius 1 is 1.39 bits per heavy atom. The molecule has 5 nitrogen and oxygen atoms in total. The highest BCUT2D eigenvalue weighted by Gasteiger charge is 2.25. The zero-order chi connectivity index (χ0) is 12.3. The fraction of sp³-hybridized carbons (Fsp3) is 0.833. The summed E-state index contributed by atoms with van der Waals surface area (Å²) in [6.45, 7) is 5.44. The molecular weight excluding hydrogens is 254 g/mol. The van der Waals surface area contributed by atoms with Crippen LogP contribution in [0.2, 0.25) is 0 Å². The first-order valence-electron chi connectivity index (χ1n) is 6.46. The van der Waals surface area contributed by atoms with Crippen LogP contribution in [-0.2, 0) is 9.59 Å². The van der Waals surface area contributed by atoms with Gasteiger partial charge in [0.15, 0.2) is 0 Å². The average molecular weight is 276 g/mol. The summed E-state index contributed by atoms with van der Waals surface area (Å²) in [4.78, 5) is 27.3. The van der Waals surface area contributed by atoms with Crippen LogP contribution in [0.3, 0.4) is 0 Å². The van der Waals surface area contributed by atoms with E-state index >= 15 is 0 Å². The second-order valence-electron chi connectivity index (χ2n) is 4.97. The van der Waals surface area contributed by atoms with Crippen molar-refractivity contribution < 1.29 is 9.59 Å². The largest absolute Gasteiger partial charge is 0.338 e. The fourth-order valence-corrected chi connectivity index (χ4v) is 2.45. The Labute approximate surface area is 114 Å². The first kappa shape index (κ1) is 15.2. The molecule has 0 spiro atoms. The zero-order valence-electron chi connectivity index (χ0n) is 10.9. The van der Waals surface area contributed by atoms with Gasteiger partial charge in [-0.2, -0.15) is 0 Å². The van der Waals surface area contributed by atoms with Gasteiger partial charge in [0, 0.05) is 38.6 Å². The summed E-state index contributed by atoms with van der Waals surface area (Å²) >= 11 is 0. The van der Waals surface area contributed by atoms with Gasteiger partial charge in [-0.15, -0.1) is 12.4 Å². The molecule has 0 aromatic rings. The predicted molar refractivity (Wildman–Crippen MR) is 71.7 cm³/mol. The number of likely N-dealkylation sites (tertiary alicyclic amines) is 1. The van der Waals surface area contributed by atoms with Gasteiger partial charge < -0.3 is 15.1 Å². The highest BCUT2D eigenvalue weighted by Crippen LogP contribution is 2.11. The van der Waals surface area contributed by atoms with Gasteiger partial charge in [-0.05, 0) is 19.8 Å². The SMILES string of the molecule is CC1CN(C(=O)CN2CCCCC2=O)CCN1.Cl. The van der Waals surface area contributed by atoms with Crippen molar-refractivity contribution in [3.8, 4) is 0 Å². The van der Waals surface area contributed by atoms with Crippen LogP contribution < -0.4 is 5.32 Å². The summed E-state index contributed by atoms with van der Waals surface area (Å²) in [5.41, 5.74) is 0. The Kier molecular flexibility index (Phi) is 5.88. The minimum Gasteiger partial charge on any atom is -0.338 e. The highest BCUT2D eigenvalue weighted by atomic mass is 35.5. The van der Waals surface area contributed by atoms with E-state index in [1.807, 2.05) is 4.90 Å². The monoisotopic (exact) mass is 275 g/mol. The molecule has 2 aliphatic heterocycles. The standard InChI is InChI=1S/C12H21N3O2.ClH/c1-10-8-15(7-5-13-10)12(17)9-14-6-3-2-4-11(14)16;/h10,13H,2-9H2,1H3;1H. The van der Waals surface area contributed by atoms with E-state index in [0.717, 1.165) is 39.0 Å². The smallest absolute Gasteiger partial charge is 0.242 e. The van der Waals surface area contributed by atoms with Crippen LogP contribution >= 0.6 is 12.4 Å². The van der Waals surface area contributed by atoms with Gasteiger partial charge in [-0.3, -0.25) is 9.59 Å². The van der Waals surface area contributed by atoms with Gasteiger partial charge in [-0.1, -0.05) is 0 Å². The summed E-state index contributed by atoms with van der Waals surface area (Å²) in [7, 11) is 0. The molecule has 6 heteroatoms. The molecule has 0 saturated carbocycles. The van der Waals surface area contributed by atoms with E-state index in [0.29, 0.717) is 12.5 Å². The lowest BCUT2D eigenvalue weighted by atomic mass is 10.1. The number of carbonyl (C=O) groups excluding carboxylic acids is 2. The van der Waals surface area contributed by atoms with Gasteiger partial charge >= 0.3 is 0 Å². The summed E-state index contributed by atoms with van der Waals surface area (Å²) in [5.74, 6) is 0.224. The van der Waals surface area contributed by atoms with E-state index in [9.17, 15) is 9.59 Å². The number of amides is 2. The zero-order valence-corrected chi connectivity index (χ0v) is 11.7. The fourth-order valence-electron chi connectivity index (χ4n) is 2.45. The van der Waals surface area contributed by atoms with Crippen molar-refractivity contribution in [1.29, 1.82) is 0 Å². The van der Waals surface area contributed by atoms with E-state index in [2.05, 4.69) is 12.2 Å². The highest BCUT2D eigenvalue weighted by molar-refractivity contribution is 5.85. The van der Waals surface area contributed by atoms with Gasteiger partial charge in [0.05, 0.1) is 6.54 Å². The molecule has 2 rings (SSSR count). The third-order valence-corrected chi connectivity index (χ3v) is 3.47. The van der Waals surface area contributed by atoms with Crippen molar-refractivity contribution in [3.63, 3.8) is 0 Å². The molecule has 0 aromatic heterocycles. The van der Waals surface area contributed by atoms with E-state index in [4.69, 9.17) is 0 Å². The number of hydrogen-bond acceptors (Lipinski definition) is 3. The Hall–Kier alpha value is -0.810. The molecule has 2 heterocycles. The molecule has 0 radical (unpaired) electrons. The molecule has 2 saturated heterocycles. The van der Waals surface area contributed by atoms with Gasteiger partial charge in [0.1, 0.15) is 0 Å². The number of piperazine rings is 1. The number of hydrogen-bond donors (Lipinski definition) is 1. The van der Waals surface area contributed by atoms with Crippen molar-refractivity contribution >= 4 is 24.2 Å². The van der Waals surface area contributed by atoms with Gasteiger partial charge in [0.25, 0.3) is 0 Å². The maximum absolute atomic E-state index is 12.1. The summed E-state index contributed by atoms with van der Waals surface area (Å²) in [6, 6.07) is 0.352. The number of rotatable bonds is 2. The number of carbonyl (C=O) groups is 2. The number of halogens is 1. The normalized spacial score (nSPS) is 24.7. The van der Waals surface area contributed by atoms with Crippen LogP contribution in [0.5, 0.6) is 0 Å². The molecule has 1 unspecified atom stereocenters. The van der Waals surface area contributed by atoms with Crippen LogP contribution in [0.4, 0.5) is 0 Å². The molecule has 0 aromatic carbocycles. The van der Waals surface area contributed by atoms with Gasteiger partial charge in [0.2, 0.25) is 11.8 Å². The molecule has 0 aliphatic carbocycles. The van der Waals surface area contributed by atoms with E-state index in [1.165, 1.54) is 0 Å². The average Bonchev–Trinajstić information content (AvgIpc) is 2.32. The maximum atomic E-state index is 12.1. The molecule has 2 aliphatic rings. The molecule has 1 atom stereocenters. The van der Waals surface area contributed by atoms with Crippen molar-refractivity contribution in [2.24, 2.45) is 0 Å². The van der Waals surface area contributed by atoms with Crippen molar-refractivity contribution in [1.82, 2.24) is 15.1 Å². The predicted octanol–water partition coefficient (Wildman–Crippen LogP) is 0.241. The first-order chi connectivity index (χ1) is 8.16. The lowest BCUT2D eigenvalue weighted by Crippen LogP contribution is -2.54. The maximum Gasteiger partial charge on any atom is 0.242 e. The second-order valence-corrected chi connectivity index (χ2v) is 4.97. The Bertz CT molecular complexity index is 312. The van der Waals surface area contributed by atoms with E-state index in [-0.39, 0.29) is 30.8 Å². The Morgan fingerprint density at radius 2 is 2.17 bits per heavy atom. The van der Waals surface area contributed by atoms with Gasteiger partial charge in [-0.25, -0.2) is 0 Å². The lowest BCUT2D eigenvalue weighted by molar-refractivity contribution is -0.142. The van der Waals surface area contributed by atoms with Crippen LogP contribution in [0.1, 0.15) is 26.2 Å². The third kappa shape index (κ3) is 3.85. The molecule has 0 bridgehead atoms. The van der Waals surface area contributed by atoms with Crippen LogP contribution in [0.25, 0.3) is 0 Å².